The number of pyridine rings is 1. The summed E-state index contributed by atoms with van der Waals surface area (Å²) in [6.45, 7) is 10.1. The first-order valence-electron chi connectivity index (χ1n) is 15.1. The molecular weight excluding hydrogens is 626 g/mol. The van der Waals surface area contributed by atoms with Gasteiger partial charge in [-0.3, -0.25) is 18.6 Å². The first-order chi connectivity index (χ1) is 22.1. The lowest BCUT2D eigenvalue weighted by Gasteiger charge is -2.38. The highest BCUT2D eigenvalue weighted by Gasteiger charge is 2.36. The summed E-state index contributed by atoms with van der Waals surface area (Å²) in [6, 6.07) is 6.74. The number of benzene rings is 1. The smallest absolute Gasteiger partial charge is 0.410 e. The zero-order chi connectivity index (χ0) is 33.9. The molecule has 246 valence electrons. The number of imidazole rings is 1. The Kier molecular flexibility index (Phi) is 7.90. The molecule has 16 heteroatoms. The number of likely N-dealkylation sites (tertiary alicyclic amines) is 1. The van der Waals surface area contributed by atoms with Crippen molar-refractivity contribution in [3.05, 3.63) is 62.9 Å². The van der Waals surface area contributed by atoms with Gasteiger partial charge < -0.3 is 19.9 Å². The Morgan fingerprint density at radius 2 is 1.89 bits per heavy atom. The van der Waals surface area contributed by atoms with Crippen LogP contribution < -0.4 is 10.9 Å². The van der Waals surface area contributed by atoms with Crippen LogP contribution in [0.4, 0.5) is 10.5 Å². The van der Waals surface area contributed by atoms with Gasteiger partial charge in [0.25, 0.3) is 11.5 Å². The van der Waals surface area contributed by atoms with E-state index in [1.54, 1.807) is 48.9 Å². The predicted octanol–water partition coefficient (Wildman–Crippen LogP) is 3.86. The van der Waals surface area contributed by atoms with Crippen LogP contribution in [0.5, 0.6) is 0 Å². The number of rotatable bonds is 6. The van der Waals surface area contributed by atoms with E-state index in [1.165, 1.54) is 14.3 Å². The minimum absolute atomic E-state index is 0.165. The van der Waals surface area contributed by atoms with Gasteiger partial charge in [0.15, 0.2) is 11.3 Å². The molecular formula is C31H36ClN11O4. The van der Waals surface area contributed by atoms with Crippen LogP contribution in [-0.4, -0.2) is 93.7 Å². The van der Waals surface area contributed by atoms with Gasteiger partial charge in [-0.25, -0.2) is 14.8 Å². The zero-order valence-corrected chi connectivity index (χ0v) is 28.2. The van der Waals surface area contributed by atoms with Gasteiger partial charge in [-0.05, 0) is 69.2 Å². The number of fused-ring (bicyclic) bond motifs is 3. The molecule has 1 N–H and O–H groups in total. The Hall–Kier alpha value is -5.05. The number of hydrogen-bond donors (Lipinski definition) is 1. The van der Waals surface area contributed by atoms with Crippen LogP contribution in [0.15, 0.2) is 35.4 Å². The molecule has 0 bridgehead atoms. The molecule has 4 aromatic heterocycles. The number of aryl methyl sites for hydroxylation is 2. The maximum atomic E-state index is 13.6. The van der Waals surface area contributed by atoms with Crippen molar-refractivity contribution in [1.82, 2.24) is 48.9 Å². The molecule has 0 saturated carbocycles. The maximum absolute atomic E-state index is 13.6. The van der Waals surface area contributed by atoms with Crippen molar-refractivity contribution in [2.24, 2.45) is 7.05 Å². The molecule has 1 unspecified atom stereocenters. The van der Waals surface area contributed by atoms with Crippen LogP contribution in [0.25, 0.3) is 28.1 Å². The molecule has 1 aliphatic rings. The average Bonchev–Trinajstić information content (AvgIpc) is 3.62. The van der Waals surface area contributed by atoms with Gasteiger partial charge in [-0.1, -0.05) is 17.7 Å². The normalized spacial score (nSPS) is 14.4. The first-order valence-corrected chi connectivity index (χ1v) is 15.4. The van der Waals surface area contributed by atoms with E-state index in [9.17, 15) is 14.4 Å². The first kappa shape index (κ1) is 31.9. The SMILES string of the molecule is Cc1cc(C(C)Nc2ccc(Cl)nc2-c2nnn(C3CN(C(=O)OC(C)(C)C)C3)n2)c2c(c1)c(=O)n(C)c1c(C(=O)N(C)C)ncn21. The Morgan fingerprint density at radius 3 is 2.57 bits per heavy atom. The third kappa shape index (κ3) is 5.86. The highest BCUT2D eigenvalue weighted by Crippen LogP contribution is 2.33. The third-order valence-electron chi connectivity index (χ3n) is 7.91. The lowest BCUT2D eigenvalue weighted by Crippen LogP contribution is -2.52. The molecule has 1 saturated heterocycles. The van der Waals surface area contributed by atoms with Gasteiger partial charge in [0.2, 0.25) is 5.82 Å². The zero-order valence-electron chi connectivity index (χ0n) is 27.4. The molecule has 5 aromatic rings. The van der Waals surface area contributed by atoms with Gasteiger partial charge in [0, 0.05) is 21.1 Å². The van der Waals surface area contributed by atoms with E-state index in [4.69, 9.17) is 16.3 Å². The molecule has 6 rings (SSSR count). The van der Waals surface area contributed by atoms with E-state index in [-0.39, 0.29) is 46.3 Å². The number of tetrazole rings is 1. The summed E-state index contributed by atoms with van der Waals surface area (Å²) in [4.78, 5) is 52.4. The van der Waals surface area contributed by atoms with Gasteiger partial charge in [-0.2, -0.15) is 4.80 Å². The second-order valence-electron chi connectivity index (χ2n) is 13.0. The molecule has 0 spiro atoms. The fourth-order valence-corrected chi connectivity index (χ4v) is 5.77. The van der Waals surface area contributed by atoms with Crippen LogP contribution >= 0.6 is 11.6 Å². The number of nitrogens with zero attached hydrogens (tertiary/aromatic N) is 10. The summed E-state index contributed by atoms with van der Waals surface area (Å²) in [6.07, 6.45) is 1.18. The van der Waals surface area contributed by atoms with Crippen molar-refractivity contribution >= 4 is 45.8 Å². The van der Waals surface area contributed by atoms with Crippen molar-refractivity contribution in [1.29, 1.82) is 0 Å². The van der Waals surface area contributed by atoms with Crippen molar-refractivity contribution in [2.45, 2.75) is 52.3 Å². The van der Waals surface area contributed by atoms with E-state index >= 15 is 0 Å². The van der Waals surface area contributed by atoms with E-state index in [1.807, 2.05) is 46.8 Å². The molecule has 0 aliphatic carbocycles. The number of carbonyl (C=O) groups excluding carboxylic acids is 2. The monoisotopic (exact) mass is 661 g/mol. The summed E-state index contributed by atoms with van der Waals surface area (Å²) in [5, 5.41) is 17.3. The third-order valence-corrected chi connectivity index (χ3v) is 8.12. The van der Waals surface area contributed by atoms with Crippen LogP contribution in [-0.2, 0) is 11.8 Å². The van der Waals surface area contributed by atoms with Crippen molar-refractivity contribution in [2.75, 3.05) is 32.5 Å². The molecule has 1 aromatic carbocycles. The van der Waals surface area contributed by atoms with Gasteiger partial charge in [0.05, 0.1) is 35.7 Å². The van der Waals surface area contributed by atoms with E-state index < -0.39 is 5.60 Å². The van der Waals surface area contributed by atoms with Gasteiger partial charge >= 0.3 is 6.09 Å². The molecule has 15 nitrogen and oxygen atoms in total. The van der Waals surface area contributed by atoms with E-state index in [0.29, 0.717) is 41.0 Å². The van der Waals surface area contributed by atoms with Crippen molar-refractivity contribution in [3.8, 4) is 11.5 Å². The summed E-state index contributed by atoms with van der Waals surface area (Å²) in [5.74, 6) is -0.0525. The second kappa shape index (κ2) is 11.6. The Bertz CT molecular complexity index is 2100. The quantitative estimate of drug-likeness (QED) is 0.265. The minimum atomic E-state index is -0.585. The van der Waals surface area contributed by atoms with Crippen LogP contribution in [0, 0.1) is 6.92 Å². The van der Waals surface area contributed by atoms with E-state index in [2.05, 4.69) is 30.7 Å². The highest BCUT2D eigenvalue weighted by molar-refractivity contribution is 6.29. The number of nitrogens with one attached hydrogen (secondary N) is 1. The number of halogens is 1. The van der Waals surface area contributed by atoms with Crippen molar-refractivity contribution < 1.29 is 14.3 Å². The lowest BCUT2D eigenvalue weighted by atomic mass is 10.0. The van der Waals surface area contributed by atoms with Gasteiger partial charge in [0.1, 0.15) is 28.8 Å². The van der Waals surface area contributed by atoms with Crippen molar-refractivity contribution in [3.63, 3.8) is 0 Å². The van der Waals surface area contributed by atoms with Crippen LogP contribution in [0.3, 0.4) is 0 Å². The number of aromatic nitrogens is 8. The summed E-state index contributed by atoms with van der Waals surface area (Å²) >= 11 is 6.32. The summed E-state index contributed by atoms with van der Waals surface area (Å²) in [5.41, 5.74) is 3.06. The predicted molar refractivity (Wildman–Crippen MR) is 176 cm³/mol. The maximum Gasteiger partial charge on any atom is 0.410 e. The Morgan fingerprint density at radius 1 is 1.17 bits per heavy atom. The average molecular weight is 662 g/mol. The molecule has 47 heavy (non-hydrogen) atoms. The molecule has 1 fully saturated rings. The fourth-order valence-electron chi connectivity index (χ4n) is 5.62. The molecule has 0 radical (unpaired) electrons. The number of amides is 2. The molecule has 1 aliphatic heterocycles. The number of hydrogen-bond acceptors (Lipinski definition) is 10. The lowest BCUT2D eigenvalue weighted by molar-refractivity contribution is -0.00245. The molecule has 5 heterocycles. The van der Waals surface area contributed by atoms with Crippen LogP contribution in [0.1, 0.15) is 61.4 Å². The fraction of sp³-hybridized carbons (Fsp3) is 0.419. The second-order valence-corrected chi connectivity index (χ2v) is 13.4. The standard InChI is InChI=1S/C31H36ClN11O4/c1-16-11-19(25-20(12-16)28(44)40(8)27-24(29(45)39(6)7)33-15-42(25)27)17(2)34-21-9-10-22(32)35-23(21)26-36-38-43(37-26)18-13-41(14-18)30(46)47-31(3,4)5/h9-12,15,17-18,34H,13-14H2,1-8H3. The molecule has 1 atom stereocenters. The van der Waals surface area contributed by atoms with Gasteiger partial charge in [-0.15, -0.1) is 10.2 Å². The number of carbonyl (C=O) groups is 2. The number of anilines is 1. The largest absolute Gasteiger partial charge is 0.444 e. The summed E-state index contributed by atoms with van der Waals surface area (Å²) < 4.78 is 8.68. The highest BCUT2D eigenvalue weighted by atomic mass is 35.5. The summed E-state index contributed by atoms with van der Waals surface area (Å²) in [7, 11) is 4.92. The molecule has 2 amide bonds. The Balaban J connectivity index is 1.34. The van der Waals surface area contributed by atoms with E-state index in [0.717, 1.165) is 11.1 Å². The van der Waals surface area contributed by atoms with Crippen LogP contribution in [0.2, 0.25) is 5.15 Å². The topological polar surface area (TPSA) is 158 Å². The minimum Gasteiger partial charge on any atom is -0.444 e. The Labute approximate surface area is 275 Å². The number of ether oxygens (including phenoxy) is 1.